The molecular weight excluding hydrogens is 223 g/mol. The molecule has 0 saturated carbocycles. The van der Waals surface area contributed by atoms with Crippen molar-refractivity contribution in [2.75, 3.05) is 0 Å². The number of oxazole rings is 1. The topological polar surface area (TPSA) is 58.9 Å². The van der Waals surface area contributed by atoms with Crippen LogP contribution in [0.1, 0.15) is 23.2 Å². The van der Waals surface area contributed by atoms with Crippen LogP contribution in [0.25, 0.3) is 22.0 Å². The van der Waals surface area contributed by atoms with Gasteiger partial charge < -0.3 is 9.40 Å². The average molecular weight is 232 g/mol. The minimum absolute atomic E-state index is 0.178. The van der Waals surface area contributed by atoms with E-state index in [4.69, 9.17) is 4.42 Å². The minimum atomic E-state index is -0.449. The number of halogens is 1. The lowest BCUT2D eigenvalue weighted by Crippen LogP contribution is -1.82. The second-order valence-electron chi connectivity index (χ2n) is 3.78. The molecule has 0 aliphatic carbocycles. The van der Waals surface area contributed by atoms with Gasteiger partial charge in [-0.15, -0.1) is 0 Å². The lowest BCUT2D eigenvalue weighted by atomic mass is 10.1. The average Bonchev–Trinajstić information content (AvgIpc) is 2.91. The first-order chi connectivity index (χ1) is 8.24. The molecule has 0 aliphatic heterocycles. The molecule has 0 spiro atoms. The Kier molecular flexibility index (Phi) is 2.01. The van der Waals surface area contributed by atoms with E-state index in [9.17, 15) is 9.18 Å². The second kappa shape index (κ2) is 3.41. The Balaban J connectivity index is 2.54. The summed E-state index contributed by atoms with van der Waals surface area (Å²) in [4.78, 5) is 17.8. The molecule has 0 unspecified atom stereocenters. The molecule has 1 aromatic carbocycles. The van der Waals surface area contributed by atoms with Gasteiger partial charge in [-0.1, -0.05) is 6.92 Å². The van der Waals surface area contributed by atoms with Crippen molar-refractivity contribution >= 4 is 28.3 Å². The number of nitrogens with zero attached hydrogens (tertiary/aromatic N) is 1. The molecule has 86 valence electrons. The zero-order valence-corrected chi connectivity index (χ0v) is 9.08. The van der Waals surface area contributed by atoms with Crippen molar-refractivity contribution in [3.8, 4) is 0 Å². The molecule has 0 saturated heterocycles. The van der Waals surface area contributed by atoms with Crippen molar-refractivity contribution in [2.45, 2.75) is 13.3 Å². The number of nitrogens with one attached hydrogen (secondary N) is 1. The Morgan fingerprint density at radius 1 is 1.59 bits per heavy atom. The molecule has 0 fully saturated rings. The van der Waals surface area contributed by atoms with Crippen molar-refractivity contribution < 1.29 is 13.6 Å². The quantitative estimate of drug-likeness (QED) is 0.691. The zero-order chi connectivity index (χ0) is 12.0. The number of hydrogen-bond acceptors (Lipinski definition) is 3. The molecule has 2 aromatic heterocycles. The maximum absolute atomic E-state index is 13.7. The van der Waals surface area contributed by atoms with E-state index in [0.29, 0.717) is 40.6 Å². The number of aryl methyl sites for hydroxylation is 1. The van der Waals surface area contributed by atoms with Crippen molar-refractivity contribution in [3.63, 3.8) is 0 Å². The van der Waals surface area contributed by atoms with Gasteiger partial charge in [0.25, 0.3) is 0 Å². The van der Waals surface area contributed by atoms with E-state index in [1.807, 2.05) is 6.92 Å². The highest BCUT2D eigenvalue weighted by atomic mass is 19.1. The molecule has 4 nitrogen and oxygen atoms in total. The number of aldehydes is 1. The smallest absolute Gasteiger partial charge is 0.195 e. The van der Waals surface area contributed by atoms with Gasteiger partial charge in [-0.25, -0.2) is 9.37 Å². The van der Waals surface area contributed by atoms with Crippen LogP contribution in [0.15, 0.2) is 16.7 Å². The van der Waals surface area contributed by atoms with E-state index in [-0.39, 0.29) is 5.52 Å². The first-order valence-electron chi connectivity index (χ1n) is 5.28. The van der Waals surface area contributed by atoms with Crippen molar-refractivity contribution in [1.82, 2.24) is 9.97 Å². The van der Waals surface area contributed by atoms with E-state index in [2.05, 4.69) is 9.97 Å². The summed E-state index contributed by atoms with van der Waals surface area (Å²) < 4.78 is 19.2. The van der Waals surface area contributed by atoms with Crippen LogP contribution in [-0.2, 0) is 6.42 Å². The van der Waals surface area contributed by atoms with Crippen LogP contribution in [0.3, 0.4) is 0 Å². The molecule has 3 rings (SSSR count). The highest BCUT2D eigenvalue weighted by molar-refractivity contribution is 6.10. The van der Waals surface area contributed by atoms with Crippen LogP contribution >= 0.6 is 0 Å². The first kappa shape index (κ1) is 10.0. The molecule has 0 bridgehead atoms. The molecule has 3 aromatic rings. The van der Waals surface area contributed by atoms with Crippen LogP contribution < -0.4 is 0 Å². The summed E-state index contributed by atoms with van der Waals surface area (Å²) in [6.07, 6.45) is 2.82. The fourth-order valence-electron chi connectivity index (χ4n) is 1.96. The number of carbonyl (C=O) groups excluding carboxylic acids is 1. The fourth-order valence-corrected chi connectivity index (χ4v) is 1.96. The van der Waals surface area contributed by atoms with E-state index in [0.717, 1.165) is 0 Å². The summed E-state index contributed by atoms with van der Waals surface area (Å²) in [6, 6.07) is 1.33. The molecule has 5 heteroatoms. The van der Waals surface area contributed by atoms with Gasteiger partial charge in [-0.3, -0.25) is 4.79 Å². The van der Waals surface area contributed by atoms with E-state index < -0.39 is 5.82 Å². The molecule has 0 aliphatic rings. The van der Waals surface area contributed by atoms with Crippen LogP contribution in [0.5, 0.6) is 0 Å². The predicted octanol–water partition coefficient (Wildman–Crippen LogP) is 2.82. The highest BCUT2D eigenvalue weighted by Gasteiger charge is 2.17. The summed E-state index contributed by atoms with van der Waals surface area (Å²) in [7, 11) is 0. The zero-order valence-electron chi connectivity index (χ0n) is 9.08. The Labute approximate surface area is 95.4 Å². The lowest BCUT2D eigenvalue weighted by molar-refractivity contribution is 0.112. The number of rotatable bonds is 2. The largest absolute Gasteiger partial charge is 0.440 e. The van der Waals surface area contributed by atoms with Crippen LogP contribution in [-0.4, -0.2) is 16.3 Å². The van der Waals surface area contributed by atoms with Gasteiger partial charge in [0.2, 0.25) is 0 Å². The van der Waals surface area contributed by atoms with E-state index in [1.165, 1.54) is 12.3 Å². The number of fused-ring (bicyclic) bond motifs is 3. The van der Waals surface area contributed by atoms with E-state index >= 15 is 0 Å². The van der Waals surface area contributed by atoms with Crippen molar-refractivity contribution in [3.05, 3.63) is 29.5 Å². The predicted molar refractivity (Wildman–Crippen MR) is 60.6 cm³/mol. The van der Waals surface area contributed by atoms with Crippen LogP contribution in [0, 0.1) is 5.82 Å². The Bertz CT molecular complexity index is 727. The summed E-state index contributed by atoms with van der Waals surface area (Å²) in [5.74, 6) is 0.0136. The van der Waals surface area contributed by atoms with Crippen LogP contribution in [0.4, 0.5) is 4.39 Å². The standard InChI is InChI=1S/C12H9FN2O2/c1-2-9-15-11-7(13)3-8-10(12(11)17-9)6(5-16)4-14-8/h3-5,14H,2H2,1H3. The fraction of sp³-hybridized carbons (Fsp3) is 0.167. The molecule has 0 amide bonds. The van der Waals surface area contributed by atoms with Gasteiger partial charge in [-0.2, -0.15) is 0 Å². The van der Waals surface area contributed by atoms with Crippen molar-refractivity contribution in [1.29, 1.82) is 0 Å². The van der Waals surface area contributed by atoms with Gasteiger partial charge in [0.05, 0.1) is 10.9 Å². The third-order valence-electron chi connectivity index (χ3n) is 2.77. The number of carbonyl (C=O) groups is 1. The van der Waals surface area contributed by atoms with Crippen LogP contribution in [0.2, 0.25) is 0 Å². The van der Waals surface area contributed by atoms with E-state index in [1.54, 1.807) is 0 Å². The Morgan fingerprint density at radius 2 is 2.41 bits per heavy atom. The maximum atomic E-state index is 13.7. The van der Waals surface area contributed by atoms with Gasteiger partial charge in [0, 0.05) is 24.2 Å². The lowest BCUT2D eigenvalue weighted by Gasteiger charge is -1.93. The molecular formula is C12H9FN2O2. The summed E-state index contributed by atoms with van der Waals surface area (Å²) >= 11 is 0. The Hall–Kier alpha value is -2.17. The minimum Gasteiger partial charge on any atom is -0.440 e. The third-order valence-corrected chi connectivity index (χ3v) is 2.77. The van der Waals surface area contributed by atoms with Gasteiger partial charge in [0.15, 0.2) is 23.6 Å². The number of aromatic amines is 1. The summed E-state index contributed by atoms with van der Waals surface area (Å²) in [6.45, 7) is 1.87. The summed E-state index contributed by atoms with van der Waals surface area (Å²) in [5.41, 5.74) is 1.50. The van der Waals surface area contributed by atoms with Crippen molar-refractivity contribution in [2.24, 2.45) is 0 Å². The number of benzene rings is 1. The van der Waals surface area contributed by atoms with Gasteiger partial charge in [-0.05, 0) is 0 Å². The van der Waals surface area contributed by atoms with Gasteiger partial charge >= 0.3 is 0 Å². The molecule has 2 heterocycles. The number of hydrogen-bond donors (Lipinski definition) is 1. The molecule has 1 N–H and O–H groups in total. The molecule has 0 atom stereocenters. The normalized spacial score (nSPS) is 11.4. The third kappa shape index (κ3) is 1.28. The molecule has 0 radical (unpaired) electrons. The second-order valence-corrected chi connectivity index (χ2v) is 3.78. The number of aromatic nitrogens is 2. The highest BCUT2D eigenvalue weighted by Crippen LogP contribution is 2.30. The molecule has 17 heavy (non-hydrogen) atoms. The summed E-state index contributed by atoms with van der Waals surface area (Å²) in [5, 5.41) is 0.587. The monoisotopic (exact) mass is 232 g/mol. The first-order valence-corrected chi connectivity index (χ1v) is 5.28. The SMILES string of the molecule is CCc1nc2c(F)cc3[nH]cc(C=O)c3c2o1. The Morgan fingerprint density at radius 3 is 3.12 bits per heavy atom. The number of H-pyrrole nitrogens is 1. The maximum Gasteiger partial charge on any atom is 0.195 e. The van der Waals surface area contributed by atoms with Gasteiger partial charge in [0.1, 0.15) is 5.52 Å².